The molecule has 110 valence electrons. The molecule has 1 aromatic carbocycles. The first-order valence-electron chi connectivity index (χ1n) is 5.14. The molecule has 0 saturated heterocycles. The number of carbonyl (C=O) groups is 4. The van der Waals surface area contributed by atoms with Gasteiger partial charge in [0.2, 0.25) is 0 Å². The van der Waals surface area contributed by atoms with Gasteiger partial charge in [-0.1, -0.05) is 18.2 Å². The quantitative estimate of drug-likeness (QED) is 0.599. The van der Waals surface area contributed by atoms with E-state index in [1.165, 1.54) is 0 Å². The maximum atomic E-state index is 10.2. The average Bonchev–Trinajstić information content (AvgIpc) is 2.39. The monoisotopic (exact) mass is 286 g/mol. The van der Waals surface area contributed by atoms with Crippen LogP contribution in [0.15, 0.2) is 30.3 Å². The smallest absolute Gasteiger partial charge is 0.335 e. The molecule has 0 unspecified atom stereocenters. The molecule has 0 heterocycles. The van der Waals surface area contributed by atoms with Crippen molar-refractivity contribution in [1.82, 2.24) is 0 Å². The van der Waals surface area contributed by atoms with Crippen molar-refractivity contribution in [1.29, 1.82) is 0 Å². The molecule has 1 aromatic rings. The number of hydrogen-bond donors (Lipinski definition) is 4. The van der Waals surface area contributed by atoms with Crippen LogP contribution in [0.2, 0.25) is 0 Å². The number of aliphatic carboxylic acids is 2. The van der Waals surface area contributed by atoms with Gasteiger partial charge in [-0.2, -0.15) is 0 Å². The lowest BCUT2D eigenvalue weighted by Gasteiger charge is -1.88. The van der Waals surface area contributed by atoms with Crippen LogP contribution >= 0.6 is 0 Å². The maximum absolute atomic E-state index is 10.2. The van der Waals surface area contributed by atoms with Gasteiger partial charge in [0.15, 0.2) is 0 Å². The minimum Gasteiger partial charge on any atom is -0.483 e. The van der Waals surface area contributed by atoms with Gasteiger partial charge < -0.3 is 20.4 Å². The average molecular weight is 286 g/mol. The molecule has 0 radical (unpaired) electrons. The van der Waals surface area contributed by atoms with Gasteiger partial charge in [0.1, 0.15) is 0 Å². The lowest BCUT2D eigenvalue weighted by molar-refractivity contribution is -0.143. The van der Waals surface area contributed by atoms with Gasteiger partial charge in [0, 0.05) is 0 Å². The zero-order valence-electron chi connectivity index (χ0n) is 10.3. The van der Waals surface area contributed by atoms with E-state index in [-0.39, 0.29) is 19.3 Å². The molecule has 0 saturated carbocycles. The number of aromatic carboxylic acids is 1. The van der Waals surface area contributed by atoms with Gasteiger partial charge in [-0.3, -0.25) is 14.4 Å². The third-order valence-electron chi connectivity index (χ3n) is 1.57. The molecule has 0 aliphatic heterocycles. The molecule has 1 rings (SSSR count). The third-order valence-corrected chi connectivity index (χ3v) is 1.57. The number of rotatable bonds is 4. The second-order valence-electron chi connectivity index (χ2n) is 3.06. The van der Waals surface area contributed by atoms with E-state index in [0.29, 0.717) is 5.56 Å². The second kappa shape index (κ2) is 12.6. The standard InChI is InChI=1S/C7H6O2.C4H6O4.CH2O2/c8-7(9)6-4-2-1-3-5-6;5-3(6)1-2-4(7)8;2-1-3/h1-5H,(H,8,9);1-2H2,(H,5,6)(H,7,8);1H,(H,2,3). The number of hydrogen-bond acceptors (Lipinski definition) is 4. The minimum atomic E-state index is -1.08. The molecule has 0 aliphatic rings. The highest BCUT2D eigenvalue weighted by molar-refractivity contribution is 5.87. The van der Waals surface area contributed by atoms with Crippen molar-refractivity contribution in [3.05, 3.63) is 35.9 Å². The highest BCUT2D eigenvalue weighted by Gasteiger charge is 2.00. The summed E-state index contributed by atoms with van der Waals surface area (Å²) in [6.07, 6.45) is -0.593. The highest BCUT2D eigenvalue weighted by atomic mass is 16.4. The highest BCUT2D eigenvalue weighted by Crippen LogP contribution is 1.96. The predicted molar refractivity (Wildman–Crippen MR) is 66.6 cm³/mol. The van der Waals surface area contributed by atoms with Crippen LogP contribution in [0.5, 0.6) is 0 Å². The van der Waals surface area contributed by atoms with Gasteiger partial charge in [0.25, 0.3) is 6.47 Å². The van der Waals surface area contributed by atoms with Gasteiger partial charge in [0.05, 0.1) is 18.4 Å². The lowest BCUT2D eigenvalue weighted by atomic mass is 10.2. The molecular formula is C12H14O8. The molecule has 8 nitrogen and oxygen atoms in total. The Labute approximate surface area is 113 Å². The first-order valence-corrected chi connectivity index (χ1v) is 5.14. The Morgan fingerprint density at radius 3 is 1.45 bits per heavy atom. The molecule has 0 atom stereocenters. The number of benzene rings is 1. The van der Waals surface area contributed by atoms with Crippen LogP contribution in [-0.4, -0.2) is 44.8 Å². The molecule has 0 aliphatic carbocycles. The lowest BCUT2D eigenvalue weighted by Crippen LogP contribution is -2.00. The summed E-state index contributed by atoms with van der Waals surface area (Å²) >= 11 is 0. The van der Waals surface area contributed by atoms with Crippen LogP contribution < -0.4 is 0 Å². The fourth-order valence-corrected chi connectivity index (χ4v) is 0.795. The van der Waals surface area contributed by atoms with E-state index in [2.05, 4.69) is 0 Å². The minimum absolute atomic E-state index is 0.250. The van der Waals surface area contributed by atoms with Crippen molar-refractivity contribution >= 4 is 24.4 Å². The van der Waals surface area contributed by atoms with E-state index in [4.69, 9.17) is 25.2 Å². The summed E-state index contributed by atoms with van der Waals surface area (Å²) < 4.78 is 0. The van der Waals surface area contributed by atoms with Gasteiger partial charge >= 0.3 is 17.9 Å². The fourth-order valence-electron chi connectivity index (χ4n) is 0.795. The van der Waals surface area contributed by atoms with Crippen molar-refractivity contribution in [2.75, 3.05) is 0 Å². The number of carboxylic acids is 3. The molecular weight excluding hydrogens is 272 g/mol. The summed E-state index contributed by atoms with van der Waals surface area (Å²) in [4.78, 5) is 37.8. The summed E-state index contributed by atoms with van der Waals surface area (Å²) in [5, 5.41) is 31.1. The molecule has 4 N–H and O–H groups in total. The number of carboxylic acid groups (broad SMARTS) is 4. The second-order valence-corrected chi connectivity index (χ2v) is 3.06. The zero-order valence-corrected chi connectivity index (χ0v) is 10.3. The van der Waals surface area contributed by atoms with Crippen molar-refractivity contribution in [3.63, 3.8) is 0 Å². The largest absolute Gasteiger partial charge is 0.483 e. The third kappa shape index (κ3) is 15.1. The van der Waals surface area contributed by atoms with Gasteiger partial charge in [-0.15, -0.1) is 0 Å². The fraction of sp³-hybridized carbons (Fsp3) is 0.167. The van der Waals surface area contributed by atoms with Gasteiger partial charge in [-0.05, 0) is 12.1 Å². The molecule has 20 heavy (non-hydrogen) atoms. The van der Waals surface area contributed by atoms with E-state index in [1.54, 1.807) is 30.3 Å². The Hall–Kier alpha value is -2.90. The summed E-state index contributed by atoms with van der Waals surface area (Å²) in [6, 6.07) is 8.30. The van der Waals surface area contributed by atoms with E-state index in [1.807, 2.05) is 0 Å². The Morgan fingerprint density at radius 2 is 1.25 bits per heavy atom. The van der Waals surface area contributed by atoms with Crippen LogP contribution in [0.3, 0.4) is 0 Å². The molecule has 8 heteroatoms. The SMILES string of the molecule is O=C(O)CCC(=O)O.O=C(O)c1ccccc1.O=CO. The van der Waals surface area contributed by atoms with Crippen LogP contribution in [0.4, 0.5) is 0 Å². The molecule has 0 spiro atoms. The Balaban J connectivity index is 0. The van der Waals surface area contributed by atoms with Crippen LogP contribution in [0, 0.1) is 0 Å². The summed E-state index contributed by atoms with van der Waals surface area (Å²) in [7, 11) is 0. The Kier molecular flexibility index (Phi) is 12.2. The molecule has 0 fully saturated rings. The van der Waals surface area contributed by atoms with Crippen LogP contribution in [0.25, 0.3) is 0 Å². The van der Waals surface area contributed by atoms with E-state index in [0.717, 1.165) is 0 Å². The van der Waals surface area contributed by atoms with Crippen LogP contribution in [0.1, 0.15) is 23.2 Å². The Bertz CT molecular complexity index is 412. The first kappa shape index (κ1) is 19.4. The topological polar surface area (TPSA) is 149 Å². The van der Waals surface area contributed by atoms with E-state index >= 15 is 0 Å². The zero-order chi connectivity index (χ0) is 16.0. The molecule has 0 bridgehead atoms. The Morgan fingerprint density at radius 1 is 0.900 bits per heavy atom. The van der Waals surface area contributed by atoms with Crippen molar-refractivity contribution in [2.45, 2.75) is 12.8 Å². The summed E-state index contributed by atoms with van der Waals surface area (Å²) in [5.41, 5.74) is 0.331. The predicted octanol–water partition coefficient (Wildman–Crippen LogP) is 1.02. The first-order chi connectivity index (χ1) is 9.34. The maximum Gasteiger partial charge on any atom is 0.335 e. The van der Waals surface area contributed by atoms with Gasteiger partial charge in [-0.25, -0.2) is 4.79 Å². The molecule has 0 aromatic heterocycles. The van der Waals surface area contributed by atoms with E-state index in [9.17, 15) is 14.4 Å². The van der Waals surface area contributed by atoms with E-state index < -0.39 is 17.9 Å². The van der Waals surface area contributed by atoms with Crippen molar-refractivity contribution in [3.8, 4) is 0 Å². The molecule has 0 amide bonds. The normalized spacial score (nSPS) is 8.00. The van der Waals surface area contributed by atoms with Crippen LogP contribution in [-0.2, 0) is 14.4 Å². The summed E-state index contributed by atoms with van der Waals surface area (Å²) in [6.45, 7) is -0.250. The van der Waals surface area contributed by atoms with Crippen molar-refractivity contribution in [2.24, 2.45) is 0 Å². The van der Waals surface area contributed by atoms with Crippen molar-refractivity contribution < 1.29 is 39.6 Å². The summed E-state index contributed by atoms with van der Waals surface area (Å²) in [5.74, 6) is -3.03.